The van der Waals surface area contributed by atoms with Crippen molar-refractivity contribution < 1.29 is 9.53 Å². The number of hydrogen-bond acceptors (Lipinski definition) is 4. The predicted molar refractivity (Wildman–Crippen MR) is 92.8 cm³/mol. The molecule has 0 N–H and O–H groups in total. The van der Waals surface area contributed by atoms with E-state index in [1.807, 2.05) is 47.8 Å². The number of benzene rings is 1. The number of aromatic nitrogens is 1. The predicted octanol–water partition coefficient (Wildman–Crippen LogP) is 3.76. The molecule has 0 saturated carbocycles. The van der Waals surface area contributed by atoms with E-state index in [1.54, 1.807) is 36.6 Å². The van der Waals surface area contributed by atoms with Crippen molar-refractivity contribution in [3.63, 3.8) is 0 Å². The first-order chi connectivity index (χ1) is 11.2. The Morgan fingerprint density at radius 3 is 2.91 bits per heavy atom. The standard InChI is InChI=1S/C18H18N2O2S/c1-20(16(12-22-2)15-5-3-4-9-19-15)18(21)14-6-7-17-13(11-14)8-10-23-17/h3-11,16H,12H2,1-2H3. The number of ether oxygens (including phenoxy) is 1. The summed E-state index contributed by atoms with van der Waals surface area (Å²) >= 11 is 1.67. The molecule has 1 amide bonds. The maximum absolute atomic E-state index is 12.8. The van der Waals surface area contributed by atoms with Gasteiger partial charge in [0, 0.05) is 30.6 Å². The van der Waals surface area contributed by atoms with Crippen molar-refractivity contribution in [1.29, 1.82) is 0 Å². The Bertz CT molecular complexity index is 801. The lowest BCUT2D eigenvalue weighted by atomic mass is 10.1. The zero-order valence-corrected chi connectivity index (χ0v) is 13.9. The van der Waals surface area contributed by atoms with Crippen LogP contribution in [-0.2, 0) is 4.74 Å². The monoisotopic (exact) mass is 326 g/mol. The van der Waals surface area contributed by atoms with Crippen LogP contribution in [-0.4, -0.2) is 36.6 Å². The van der Waals surface area contributed by atoms with Crippen LogP contribution in [0.3, 0.4) is 0 Å². The van der Waals surface area contributed by atoms with Crippen molar-refractivity contribution in [1.82, 2.24) is 9.88 Å². The summed E-state index contributed by atoms with van der Waals surface area (Å²) in [4.78, 5) is 18.9. The maximum atomic E-state index is 12.8. The zero-order valence-electron chi connectivity index (χ0n) is 13.1. The van der Waals surface area contributed by atoms with Crippen LogP contribution in [0.15, 0.2) is 54.0 Å². The van der Waals surface area contributed by atoms with Gasteiger partial charge < -0.3 is 9.64 Å². The highest BCUT2D eigenvalue weighted by molar-refractivity contribution is 7.17. The summed E-state index contributed by atoms with van der Waals surface area (Å²) in [6, 6.07) is 13.3. The van der Waals surface area contributed by atoms with E-state index in [2.05, 4.69) is 4.98 Å². The van der Waals surface area contributed by atoms with Crippen LogP contribution in [0.2, 0.25) is 0 Å². The number of nitrogens with zero attached hydrogens (tertiary/aromatic N) is 2. The van der Waals surface area contributed by atoms with Gasteiger partial charge in [-0.3, -0.25) is 9.78 Å². The van der Waals surface area contributed by atoms with Crippen molar-refractivity contribution in [3.8, 4) is 0 Å². The van der Waals surface area contributed by atoms with Crippen molar-refractivity contribution in [2.75, 3.05) is 20.8 Å². The fourth-order valence-electron chi connectivity index (χ4n) is 2.57. The third-order valence-corrected chi connectivity index (χ3v) is 4.74. The van der Waals surface area contributed by atoms with E-state index in [1.165, 1.54) is 4.70 Å². The lowest BCUT2D eigenvalue weighted by Gasteiger charge is -2.27. The Hall–Kier alpha value is -2.24. The Balaban J connectivity index is 1.89. The minimum atomic E-state index is -0.216. The molecule has 4 nitrogen and oxygen atoms in total. The first kappa shape index (κ1) is 15.6. The fourth-order valence-corrected chi connectivity index (χ4v) is 3.34. The van der Waals surface area contributed by atoms with Crippen molar-refractivity contribution in [2.24, 2.45) is 0 Å². The first-order valence-corrected chi connectivity index (χ1v) is 8.23. The Kier molecular flexibility index (Phi) is 4.69. The minimum Gasteiger partial charge on any atom is -0.382 e. The van der Waals surface area contributed by atoms with Gasteiger partial charge >= 0.3 is 0 Å². The highest BCUT2D eigenvalue weighted by Crippen LogP contribution is 2.24. The van der Waals surface area contributed by atoms with Crippen LogP contribution in [0.25, 0.3) is 10.1 Å². The van der Waals surface area contributed by atoms with E-state index in [0.29, 0.717) is 12.2 Å². The van der Waals surface area contributed by atoms with Crippen LogP contribution in [0.5, 0.6) is 0 Å². The quantitative estimate of drug-likeness (QED) is 0.717. The molecule has 1 aromatic carbocycles. The molecule has 2 heterocycles. The number of likely N-dealkylation sites (N-methyl/N-ethyl adjacent to an activating group) is 1. The summed E-state index contributed by atoms with van der Waals surface area (Å²) in [5, 5.41) is 3.12. The normalized spacial score (nSPS) is 12.3. The van der Waals surface area contributed by atoms with E-state index in [4.69, 9.17) is 4.74 Å². The molecular weight excluding hydrogens is 308 g/mol. The van der Waals surface area contributed by atoms with Crippen LogP contribution >= 0.6 is 11.3 Å². The molecule has 2 aromatic heterocycles. The molecule has 1 unspecified atom stereocenters. The highest BCUT2D eigenvalue weighted by atomic mass is 32.1. The molecule has 3 rings (SSSR count). The molecule has 0 aliphatic heterocycles. The number of carbonyl (C=O) groups is 1. The number of fused-ring (bicyclic) bond motifs is 1. The number of methoxy groups -OCH3 is 1. The minimum absolute atomic E-state index is 0.0363. The molecular formula is C18H18N2O2S. The van der Waals surface area contributed by atoms with Gasteiger partial charge in [0.2, 0.25) is 0 Å². The van der Waals surface area contributed by atoms with Crippen molar-refractivity contribution in [3.05, 3.63) is 65.3 Å². The van der Waals surface area contributed by atoms with Crippen LogP contribution in [0.1, 0.15) is 22.1 Å². The van der Waals surface area contributed by atoms with Gasteiger partial charge in [0.1, 0.15) is 0 Å². The van der Waals surface area contributed by atoms with E-state index >= 15 is 0 Å². The summed E-state index contributed by atoms with van der Waals surface area (Å²) in [6.07, 6.45) is 1.73. The lowest BCUT2D eigenvalue weighted by molar-refractivity contribution is 0.0595. The number of rotatable bonds is 5. The smallest absolute Gasteiger partial charge is 0.254 e. The van der Waals surface area contributed by atoms with Crippen LogP contribution in [0.4, 0.5) is 0 Å². The molecule has 0 aliphatic rings. The van der Waals surface area contributed by atoms with E-state index in [9.17, 15) is 4.79 Å². The van der Waals surface area contributed by atoms with Gasteiger partial charge in [-0.1, -0.05) is 6.07 Å². The van der Waals surface area contributed by atoms with Gasteiger partial charge in [-0.05, 0) is 47.2 Å². The summed E-state index contributed by atoms with van der Waals surface area (Å²) in [5.74, 6) is -0.0363. The Labute approximate surface area is 139 Å². The third-order valence-electron chi connectivity index (χ3n) is 3.84. The average Bonchev–Trinajstić information content (AvgIpc) is 3.07. The number of thiophene rings is 1. The fraction of sp³-hybridized carbons (Fsp3) is 0.222. The Morgan fingerprint density at radius 2 is 2.17 bits per heavy atom. The highest BCUT2D eigenvalue weighted by Gasteiger charge is 2.23. The molecule has 0 radical (unpaired) electrons. The number of carbonyl (C=O) groups excluding carboxylic acids is 1. The molecule has 23 heavy (non-hydrogen) atoms. The van der Waals surface area contributed by atoms with Gasteiger partial charge in [0.25, 0.3) is 5.91 Å². The van der Waals surface area contributed by atoms with Gasteiger partial charge in [-0.2, -0.15) is 0 Å². The van der Waals surface area contributed by atoms with Crippen LogP contribution < -0.4 is 0 Å². The summed E-state index contributed by atoms with van der Waals surface area (Å²) < 4.78 is 6.47. The SMILES string of the molecule is COCC(c1ccccn1)N(C)C(=O)c1ccc2sccc2c1. The summed E-state index contributed by atoms with van der Waals surface area (Å²) in [7, 11) is 3.42. The average molecular weight is 326 g/mol. The molecule has 0 aliphatic carbocycles. The molecule has 118 valence electrons. The number of pyridine rings is 1. The van der Waals surface area contributed by atoms with Crippen LogP contribution in [0, 0.1) is 0 Å². The van der Waals surface area contributed by atoms with Gasteiger partial charge in [-0.15, -0.1) is 11.3 Å². The van der Waals surface area contributed by atoms with Crippen molar-refractivity contribution >= 4 is 27.3 Å². The van der Waals surface area contributed by atoms with Crippen molar-refractivity contribution in [2.45, 2.75) is 6.04 Å². The Morgan fingerprint density at radius 1 is 1.30 bits per heavy atom. The zero-order chi connectivity index (χ0) is 16.2. The van der Waals surface area contributed by atoms with Gasteiger partial charge in [0.15, 0.2) is 0 Å². The van der Waals surface area contributed by atoms with Gasteiger partial charge in [-0.25, -0.2) is 0 Å². The third kappa shape index (κ3) is 3.25. The number of hydrogen-bond donors (Lipinski definition) is 0. The second kappa shape index (κ2) is 6.89. The second-order valence-electron chi connectivity index (χ2n) is 5.32. The second-order valence-corrected chi connectivity index (χ2v) is 6.26. The van der Waals surface area contributed by atoms with E-state index in [0.717, 1.165) is 11.1 Å². The topological polar surface area (TPSA) is 42.4 Å². The maximum Gasteiger partial charge on any atom is 0.254 e. The molecule has 5 heteroatoms. The molecule has 0 saturated heterocycles. The summed E-state index contributed by atoms with van der Waals surface area (Å²) in [5.41, 5.74) is 1.50. The molecule has 3 aromatic rings. The molecule has 0 spiro atoms. The molecule has 1 atom stereocenters. The summed E-state index contributed by atoms with van der Waals surface area (Å²) in [6.45, 7) is 0.403. The molecule has 0 bridgehead atoms. The number of amides is 1. The lowest BCUT2D eigenvalue weighted by Crippen LogP contribution is -2.34. The van der Waals surface area contributed by atoms with E-state index < -0.39 is 0 Å². The first-order valence-electron chi connectivity index (χ1n) is 7.35. The molecule has 0 fully saturated rings. The van der Waals surface area contributed by atoms with E-state index in [-0.39, 0.29) is 11.9 Å². The largest absolute Gasteiger partial charge is 0.382 e. The van der Waals surface area contributed by atoms with Gasteiger partial charge in [0.05, 0.1) is 18.3 Å².